The topological polar surface area (TPSA) is 48.7 Å². The van der Waals surface area contributed by atoms with Crippen LogP contribution in [0.3, 0.4) is 0 Å². The Morgan fingerprint density at radius 2 is 1.70 bits per heavy atom. The van der Waals surface area contributed by atoms with E-state index in [2.05, 4.69) is 36.4 Å². The van der Waals surface area contributed by atoms with Crippen LogP contribution in [0.5, 0.6) is 0 Å². The Morgan fingerprint density at radius 3 is 1.90 bits per heavy atom. The molecule has 0 amide bonds. The minimum Gasteiger partial charge on any atom is -0.460 e. The van der Waals surface area contributed by atoms with E-state index in [1.54, 1.807) is 6.07 Å². The minimum atomic E-state index is -0.0370. The molecule has 20 heavy (non-hydrogen) atoms. The molecule has 0 aliphatic heterocycles. The van der Waals surface area contributed by atoms with Crippen molar-refractivity contribution in [2.45, 2.75) is 53.8 Å². The highest BCUT2D eigenvalue weighted by Crippen LogP contribution is 2.06. The number of hydrogen-bond acceptors (Lipinski definition) is 4. The van der Waals surface area contributed by atoms with E-state index in [1.165, 1.54) is 19.1 Å². The van der Waals surface area contributed by atoms with Gasteiger partial charge in [-0.15, -0.1) is 0 Å². The summed E-state index contributed by atoms with van der Waals surface area (Å²) in [6, 6.07) is 1.67. The molecule has 0 atom stereocenters. The van der Waals surface area contributed by atoms with Crippen LogP contribution in [-0.4, -0.2) is 25.8 Å². The summed E-state index contributed by atoms with van der Waals surface area (Å²) in [6.07, 6.45) is 4.82. The molecule has 0 bridgehead atoms. The van der Waals surface area contributed by atoms with Crippen molar-refractivity contribution in [3.05, 3.63) is 21.7 Å². The SMILES string of the molecule is CCCC.CCOC(C)OCC.O=Cc1cc(I)co1. The lowest BCUT2D eigenvalue weighted by Gasteiger charge is -2.09. The van der Waals surface area contributed by atoms with Crippen LogP contribution in [0.4, 0.5) is 0 Å². The number of unbranched alkanes of at least 4 members (excludes halogenated alkanes) is 1. The third kappa shape index (κ3) is 15.7. The molecule has 0 saturated heterocycles. The summed E-state index contributed by atoms with van der Waals surface area (Å²) >= 11 is 2.07. The van der Waals surface area contributed by atoms with Crippen LogP contribution < -0.4 is 0 Å². The van der Waals surface area contributed by atoms with Crippen molar-refractivity contribution in [2.75, 3.05) is 13.2 Å². The van der Waals surface area contributed by atoms with E-state index in [-0.39, 0.29) is 6.29 Å². The van der Waals surface area contributed by atoms with E-state index in [0.29, 0.717) is 12.0 Å². The molecule has 1 aromatic rings. The van der Waals surface area contributed by atoms with Gasteiger partial charge in [0.15, 0.2) is 18.3 Å². The highest BCUT2D eigenvalue weighted by Gasteiger charge is 1.95. The molecule has 0 fully saturated rings. The maximum atomic E-state index is 9.92. The number of rotatable bonds is 6. The van der Waals surface area contributed by atoms with Crippen LogP contribution in [0.25, 0.3) is 0 Å². The zero-order chi connectivity index (χ0) is 15.8. The van der Waals surface area contributed by atoms with Crippen molar-refractivity contribution in [1.82, 2.24) is 0 Å². The molecular formula is C15H27IO4. The van der Waals surface area contributed by atoms with E-state index < -0.39 is 0 Å². The van der Waals surface area contributed by atoms with E-state index >= 15 is 0 Å². The summed E-state index contributed by atoms with van der Waals surface area (Å²) in [7, 11) is 0. The maximum Gasteiger partial charge on any atom is 0.185 e. The fourth-order valence-corrected chi connectivity index (χ4v) is 1.34. The predicted molar refractivity (Wildman–Crippen MR) is 90.1 cm³/mol. The maximum absolute atomic E-state index is 9.92. The lowest BCUT2D eigenvalue weighted by Crippen LogP contribution is -2.11. The Morgan fingerprint density at radius 1 is 1.20 bits per heavy atom. The number of ether oxygens (including phenoxy) is 2. The number of carbonyl (C=O) groups excluding carboxylic acids is 1. The van der Waals surface area contributed by atoms with Crippen LogP contribution in [0.1, 0.15) is 58.0 Å². The molecule has 0 unspecified atom stereocenters. The molecule has 0 aromatic carbocycles. The van der Waals surface area contributed by atoms with Gasteiger partial charge >= 0.3 is 0 Å². The molecule has 4 nitrogen and oxygen atoms in total. The summed E-state index contributed by atoms with van der Waals surface area (Å²) in [6.45, 7) is 11.6. The average Bonchev–Trinajstić information content (AvgIpc) is 2.86. The first kappa shape index (κ1) is 21.9. The first-order chi connectivity index (χ1) is 9.55. The van der Waals surface area contributed by atoms with Crippen molar-refractivity contribution in [2.24, 2.45) is 0 Å². The van der Waals surface area contributed by atoms with Crippen molar-refractivity contribution in [3.8, 4) is 0 Å². The van der Waals surface area contributed by atoms with Crippen molar-refractivity contribution in [3.63, 3.8) is 0 Å². The summed E-state index contributed by atoms with van der Waals surface area (Å²) in [4.78, 5) is 9.92. The summed E-state index contributed by atoms with van der Waals surface area (Å²) in [5.74, 6) is 0.384. The van der Waals surface area contributed by atoms with E-state index in [1.807, 2.05) is 20.8 Å². The molecule has 0 radical (unpaired) electrons. The Hall–Kier alpha value is -0.400. The van der Waals surface area contributed by atoms with Crippen LogP contribution in [0.2, 0.25) is 0 Å². The zero-order valence-electron chi connectivity index (χ0n) is 13.1. The number of carbonyl (C=O) groups is 1. The van der Waals surface area contributed by atoms with Crippen molar-refractivity contribution >= 4 is 28.9 Å². The van der Waals surface area contributed by atoms with E-state index in [4.69, 9.17) is 13.9 Å². The van der Waals surface area contributed by atoms with Crippen molar-refractivity contribution in [1.29, 1.82) is 0 Å². The van der Waals surface area contributed by atoms with Gasteiger partial charge in [-0.3, -0.25) is 4.79 Å². The normalized spacial score (nSPS) is 9.35. The first-order valence-corrected chi connectivity index (χ1v) is 8.05. The second-order valence-corrected chi connectivity index (χ2v) is 5.01. The Balaban J connectivity index is 0. The van der Waals surface area contributed by atoms with Gasteiger partial charge in [0.05, 0.1) is 3.57 Å². The van der Waals surface area contributed by atoms with Gasteiger partial charge in [-0.05, 0) is 43.4 Å². The summed E-state index contributed by atoms with van der Waals surface area (Å²) in [5.41, 5.74) is 0. The molecule has 0 saturated carbocycles. The molecule has 0 N–H and O–H groups in total. The number of aldehydes is 1. The number of hydrogen-bond donors (Lipinski definition) is 0. The summed E-state index contributed by atoms with van der Waals surface area (Å²) < 4.78 is 15.8. The van der Waals surface area contributed by atoms with Crippen molar-refractivity contribution < 1.29 is 18.7 Å². The molecule has 118 valence electrons. The van der Waals surface area contributed by atoms with E-state index in [9.17, 15) is 4.79 Å². The second-order valence-electron chi connectivity index (χ2n) is 3.76. The lowest BCUT2D eigenvalue weighted by molar-refractivity contribution is -0.123. The fraction of sp³-hybridized carbons (Fsp3) is 0.667. The van der Waals surface area contributed by atoms with Gasteiger partial charge in [0, 0.05) is 19.3 Å². The molecular weight excluding hydrogens is 371 g/mol. The smallest absolute Gasteiger partial charge is 0.185 e. The van der Waals surface area contributed by atoms with Crippen LogP contribution >= 0.6 is 22.6 Å². The molecule has 1 heterocycles. The highest BCUT2D eigenvalue weighted by molar-refractivity contribution is 14.1. The predicted octanol–water partition coefficient (Wildman–Crippen LogP) is 4.91. The second kappa shape index (κ2) is 16.7. The van der Waals surface area contributed by atoms with Crippen LogP contribution in [-0.2, 0) is 9.47 Å². The molecule has 5 heteroatoms. The molecule has 0 aliphatic rings. The van der Waals surface area contributed by atoms with Crippen LogP contribution in [0, 0.1) is 3.57 Å². The third-order valence-electron chi connectivity index (χ3n) is 2.01. The Labute approximate surface area is 136 Å². The standard InChI is InChI=1S/C6H14O2.C5H3IO2.C4H10/c1-4-7-6(3)8-5-2;6-4-1-5(2-7)8-3-4;1-3-4-2/h6H,4-5H2,1-3H3;1-3H;3-4H2,1-2H3. The summed E-state index contributed by atoms with van der Waals surface area (Å²) in [5, 5.41) is 0. The molecule has 1 rings (SSSR count). The lowest BCUT2D eigenvalue weighted by atomic mass is 10.4. The van der Waals surface area contributed by atoms with Crippen LogP contribution in [0.15, 0.2) is 16.7 Å². The first-order valence-electron chi connectivity index (χ1n) is 6.97. The fourth-order valence-electron chi connectivity index (χ4n) is 0.908. The van der Waals surface area contributed by atoms with Gasteiger partial charge < -0.3 is 13.9 Å². The van der Waals surface area contributed by atoms with Gasteiger partial charge in [0.2, 0.25) is 0 Å². The van der Waals surface area contributed by atoms with Gasteiger partial charge in [-0.2, -0.15) is 0 Å². The Kier molecular flexibility index (Phi) is 18.2. The molecule has 0 spiro atoms. The number of furan rings is 1. The average molecular weight is 398 g/mol. The van der Waals surface area contributed by atoms with Gasteiger partial charge in [-0.1, -0.05) is 26.7 Å². The monoisotopic (exact) mass is 398 g/mol. The quantitative estimate of drug-likeness (QED) is 0.388. The third-order valence-corrected chi connectivity index (χ3v) is 2.57. The van der Waals surface area contributed by atoms with Gasteiger partial charge in [0.25, 0.3) is 0 Å². The Bertz CT molecular complexity index is 305. The van der Waals surface area contributed by atoms with Gasteiger partial charge in [-0.25, -0.2) is 0 Å². The number of halogens is 1. The minimum absolute atomic E-state index is 0.0370. The largest absolute Gasteiger partial charge is 0.460 e. The zero-order valence-corrected chi connectivity index (χ0v) is 15.3. The van der Waals surface area contributed by atoms with Gasteiger partial charge in [0.1, 0.15) is 6.26 Å². The van der Waals surface area contributed by atoms with E-state index in [0.717, 1.165) is 16.8 Å². The molecule has 0 aliphatic carbocycles. The molecule has 1 aromatic heterocycles. The highest BCUT2D eigenvalue weighted by atomic mass is 127.